The molecule has 6 heteroatoms. The van der Waals surface area contributed by atoms with Gasteiger partial charge in [-0.15, -0.1) is 0 Å². The molecule has 0 spiro atoms. The van der Waals surface area contributed by atoms with Crippen LogP contribution in [0.2, 0.25) is 0 Å². The number of rotatable bonds is 7. The lowest BCUT2D eigenvalue weighted by Crippen LogP contribution is -2.29. The molecule has 36 heavy (non-hydrogen) atoms. The molecule has 1 amide bonds. The smallest absolute Gasteiger partial charge is 0.273 e. The molecule has 0 saturated heterocycles. The van der Waals surface area contributed by atoms with E-state index in [0.717, 1.165) is 40.0 Å². The number of aromatic amines is 1. The molecule has 1 atom stereocenters. The molecule has 0 aliphatic carbocycles. The first kappa shape index (κ1) is 23.7. The zero-order valence-corrected chi connectivity index (χ0v) is 21.1. The number of carbonyl (C=O) groups is 1. The van der Waals surface area contributed by atoms with Gasteiger partial charge < -0.3 is 14.7 Å². The van der Waals surface area contributed by atoms with Crippen LogP contribution in [0.5, 0.6) is 11.5 Å². The summed E-state index contributed by atoms with van der Waals surface area (Å²) < 4.78 is 5.92. The Morgan fingerprint density at radius 2 is 1.81 bits per heavy atom. The second-order valence-corrected chi connectivity index (χ2v) is 9.58. The molecule has 5 rings (SSSR count). The van der Waals surface area contributed by atoms with Crippen LogP contribution in [0.25, 0.3) is 11.3 Å². The Labute approximate surface area is 211 Å². The summed E-state index contributed by atoms with van der Waals surface area (Å²) in [6.45, 7) is 9.06. The Kier molecular flexibility index (Phi) is 6.27. The number of nitrogens with one attached hydrogen (secondary N) is 1. The lowest BCUT2D eigenvalue weighted by Gasteiger charge is -2.27. The molecular weight excluding hydrogens is 450 g/mol. The van der Waals surface area contributed by atoms with Crippen LogP contribution < -0.4 is 4.74 Å². The monoisotopic (exact) mass is 481 g/mol. The Balaban J connectivity index is 1.66. The van der Waals surface area contributed by atoms with Crippen LogP contribution in [0.15, 0.2) is 60.7 Å². The highest BCUT2D eigenvalue weighted by atomic mass is 16.5. The van der Waals surface area contributed by atoms with Crippen molar-refractivity contribution in [1.29, 1.82) is 0 Å². The van der Waals surface area contributed by atoms with Crippen molar-refractivity contribution in [3.05, 3.63) is 99.7 Å². The first-order valence-electron chi connectivity index (χ1n) is 12.4. The summed E-state index contributed by atoms with van der Waals surface area (Å²) in [5.41, 5.74) is 7.41. The molecule has 0 saturated carbocycles. The fourth-order valence-corrected chi connectivity index (χ4v) is 4.94. The SMILES string of the molecule is CCCOc1cccc(C2c3c(-c4cc(C)cc(C)c4O)n[nH]c3C(=O)N2Cc2ccc(C)cc2)c1. The predicted octanol–water partition coefficient (Wildman–Crippen LogP) is 6.24. The second-order valence-electron chi connectivity index (χ2n) is 9.58. The van der Waals surface area contributed by atoms with Crippen molar-refractivity contribution >= 4 is 5.91 Å². The minimum absolute atomic E-state index is 0.113. The predicted molar refractivity (Wildman–Crippen MR) is 140 cm³/mol. The van der Waals surface area contributed by atoms with E-state index in [1.165, 1.54) is 5.56 Å². The molecule has 1 unspecified atom stereocenters. The summed E-state index contributed by atoms with van der Waals surface area (Å²) in [6, 6.07) is 19.6. The zero-order valence-electron chi connectivity index (χ0n) is 21.1. The third-order valence-electron chi connectivity index (χ3n) is 6.68. The summed E-state index contributed by atoms with van der Waals surface area (Å²) in [5.74, 6) is 0.834. The molecule has 1 aliphatic rings. The number of fused-ring (bicyclic) bond motifs is 1. The van der Waals surface area contributed by atoms with Gasteiger partial charge in [0.2, 0.25) is 0 Å². The van der Waals surface area contributed by atoms with E-state index in [2.05, 4.69) is 48.3 Å². The summed E-state index contributed by atoms with van der Waals surface area (Å²) in [7, 11) is 0. The highest BCUT2D eigenvalue weighted by Gasteiger charge is 2.42. The maximum Gasteiger partial charge on any atom is 0.273 e. The molecule has 1 aromatic heterocycles. The van der Waals surface area contributed by atoms with E-state index in [9.17, 15) is 9.90 Å². The molecule has 6 nitrogen and oxygen atoms in total. The van der Waals surface area contributed by atoms with Gasteiger partial charge in [0, 0.05) is 17.7 Å². The maximum atomic E-state index is 13.7. The molecule has 2 N–H and O–H groups in total. The molecule has 0 fully saturated rings. The van der Waals surface area contributed by atoms with Crippen molar-refractivity contribution in [2.75, 3.05) is 6.61 Å². The van der Waals surface area contributed by atoms with Crippen LogP contribution in [0, 0.1) is 20.8 Å². The fourth-order valence-electron chi connectivity index (χ4n) is 4.94. The van der Waals surface area contributed by atoms with E-state index >= 15 is 0 Å². The third-order valence-corrected chi connectivity index (χ3v) is 6.68. The lowest BCUT2D eigenvalue weighted by molar-refractivity contribution is 0.0730. The number of nitrogens with zero attached hydrogens (tertiary/aromatic N) is 2. The quantitative estimate of drug-likeness (QED) is 0.327. The van der Waals surface area contributed by atoms with E-state index in [1.54, 1.807) is 0 Å². The Morgan fingerprint density at radius 3 is 2.56 bits per heavy atom. The normalized spacial score (nSPS) is 14.8. The Hall–Kier alpha value is -4.06. The highest BCUT2D eigenvalue weighted by Crippen LogP contribution is 2.46. The molecule has 3 aromatic carbocycles. The largest absolute Gasteiger partial charge is 0.507 e. The van der Waals surface area contributed by atoms with E-state index in [-0.39, 0.29) is 17.7 Å². The van der Waals surface area contributed by atoms with Crippen molar-refractivity contribution < 1.29 is 14.6 Å². The van der Waals surface area contributed by atoms with Gasteiger partial charge in [0.25, 0.3) is 5.91 Å². The van der Waals surface area contributed by atoms with Gasteiger partial charge in [-0.05, 0) is 67.6 Å². The molecule has 0 bridgehead atoms. The number of carbonyl (C=O) groups excluding carboxylic acids is 1. The van der Waals surface area contributed by atoms with E-state index in [1.807, 2.05) is 55.1 Å². The topological polar surface area (TPSA) is 78.5 Å². The molecule has 1 aliphatic heterocycles. The first-order valence-corrected chi connectivity index (χ1v) is 12.4. The van der Waals surface area contributed by atoms with Gasteiger partial charge in [-0.25, -0.2) is 0 Å². The molecular formula is C30H31N3O3. The number of benzene rings is 3. The van der Waals surface area contributed by atoms with Crippen molar-refractivity contribution in [2.45, 2.75) is 46.7 Å². The van der Waals surface area contributed by atoms with Gasteiger partial charge in [-0.2, -0.15) is 5.10 Å². The van der Waals surface area contributed by atoms with Crippen LogP contribution in [0.3, 0.4) is 0 Å². The average Bonchev–Trinajstić information content (AvgIpc) is 3.40. The number of hydrogen-bond donors (Lipinski definition) is 2. The molecule has 2 heterocycles. The molecule has 184 valence electrons. The number of ether oxygens (including phenoxy) is 1. The Morgan fingerprint density at radius 1 is 1.03 bits per heavy atom. The zero-order chi connectivity index (χ0) is 25.4. The number of aromatic nitrogens is 2. The minimum Gasteiger partial charge on any atom is -0.507 e. The number of H-pyrrole nitrogens is 1. The minimum atomic E-state index is -0.382. The first-order chi connectivity index (χ1) is 17.4. The van der Waals surface area contributed by atoms with Crippen LogP contribution in [0.1, 0.15) is 63.3 Å². The summed E-state index contributed by atoms with van der Waals surface area (Å²) >= 11 is 0. The van der Waals surface area contributed by atoms with Crippen LogP contribution in [-0.4, -0.2) is 32.7 Å². The highest BCUT2D eigenvalue weighted by molar-refractivity contribution is 6.00. The fraction of sp³-hybridized carbons (Fsp3) is 0.267. The van der Waals surface area contributed by atoms with Crippen molar-refractivity contribution in [3.63, 3.8) is 0 Å². The number of aryl methyl sites for hydroxylation is 3. The number of amides is 1. The van der Waals surface area contributed by atoms with Gasteiger partial charge >= 0.3 is 0 Å². The van der Waals surface area contributed by atoms with Gasteiger partial charge in [0.15, 0.2) is 0 Å². The van der Waals surface area contributed by atoms with Crippen LogP contribution in [0.4, 0.5) is 0 Å². The van der Waals surface area contributed by atoms with Crippen LogP contribution >= 0.6 is 0 Å². The van der Waals surface area contributed by atoms with E-state index < -0.39 is 0 Å². The van der Waals surface area contributed by atoms with E-state index in [0.29, 0.717) is 30.1 Å². The number of hydrogen-bond acceptors (Lipinski definition) is 4. The van der Waals surface area contributed by atoms with Crippen LogP contribution in [-0.2, 0) is 6.54 Å². The van der Waals surface area contributed by atoms with Gasteiger partial charge in [0.05, 0.1) is 12.6 Å². The van der Waals surface area contributed by atoms with Gasteiger partial charge in [-0.3, -0.25) is 9.89 Å². The average molecular weight is 482 g/mol. The van der Waals surface area contributed by atoms with Crippen molar-refractivity contribution in [1.82, 2.24) is 15.1 Å². The lowest BCUT2D eigenvalue weighted by atomic mass is 9.94. The summed E-state index contributed by atoms with van der Waals surface area (Å²) in [6.07, 6.45) is 0.910. The summed E-state index contributed by atoms with van der Waals surface area (Å²) in [4.78, 5) is 15.6. The molecule has 4 aromatic rings. The van der Waals surface area contributed by atoms with Gasteiger partial charge in [-0.1, -0.05) is 55.0 Å². The van der Waals surface area contributed by atoms with Crippen molar-refractivity contribution in [2.24, 2.45) is 0 Å². The maximum absolute atomic E-state index is 13.7. The number of phenols is 1. The van der Waals surface area contributed by atoms with Gasteiger partial charge in [0.1, 0.15) is 22.9 Å². The van der Waals surface area contributed by atoms with Crippen molar-refractivity contribution in [3.8, 4) is 22.8 Å². The number of aromatic hydroxyl groups is 1. The number of phenolic OH excluding ortho intramolecular Hbond substituents is 1. The van der Waals surface area contributed by atoms with E-state index in [4.69, 9.17) is 4.74 Å². The Bertz CT molecular complexity index is 1420. The second kappa shape index (κ2) is 9.53. The third kappa shape index (κ3) is 4.24. The summed E-state index contributed by atoms with van der Waals surface area (Å²) in [5, 5.41) is 18.5. The molecule has 0 radical (unpaired) electrons. The standard InChI is InChI=1S/C30H31N3O3/c1-5-13-36-23-8-6-7-22(16-23)28-25-26(24-15-19(3)14-20(4)29(24)34)31-32-27(25)30(35)33(28)17-21-11-9-18(2)10-12-21/h6-12,14-16,28,34H,5,13,17H2,1-4H3,(H,31,32).